The van der Waals surface area contributed by atoms with Gasteiger partial charge in [0.05, 0.1) is 11.1 Å². The Morgan fingerprint density at radius 2 is 1.97 bits per heavy atom. The fraction of sp³-hybridized carbons (Fsp3) is 0.280. The van der Waals surface area contributed by atoms with Gasteiger partial charge in [0, 0.05) is 17.1 Å². The van der Waals surface area contributed by atoms with Gasteiger partial charge in [-0.05, 0) is 49.6 Å². The molecule has 0 radical (unpaired) electrons. The van der Waals surface area contributed by atoms with E-state index in [4.69, 9.17) is 0 Å². The lowest BCUT2D eigenvalue weighted by atomic mass is 9.91. The molecule has 2 heterocycles. The van der Waals surface area contributed by atoms with Crippen LogP contribution >= 0.6 is 11.8 Å². The van der Waals surface area contributed by atoms with Crippen molar-refractivity contribution in [1.82, 2.24) is 14.8 Å². The normalized spacial score (nSPS) is 15.0. The summed E-state index contributed by atoms with van der Waals surface area (Å²) in [6, 6.07) is 13.5. The molecule has 34 heavy (non-hydrogen) atoms. The molecule has 0 saturated carbocycles. The van der Waals surface area contributed by atoms with Gasteiger partial charge in [-0.1, -0.05) is 55.4 Å². The van der Waals surface area contributed by atoms with E-state index in [1.54, 1.807) is 47.6 Å². The van der Waals surface area contributed by atoms with Crippen molar-refractivity contribution in [3.8, 4) is 0 Å². The summed E-state index contributed by atoms with van der Waals surface area (Å²) in [7, 11) is 0. The summed E-state index contributed by atoms with van der Waals surface area (Å²) in [4.78, 5) is 30.2. The molecule has 0 bridgehead atoms. The number of aryl methyl sites for hydroxylation is 1. The molecule has 3 N–H and O–H groups in total. The number of nitrogens with one attached hydrogen (secondary N) is 2. The van der Waals surface area contributed by atoms with E-state index in [1.807, 2.05) is 31.2 Å². The molecule has 0 fully saturated rings. The average Bonchev–Trinajstić information content (AvgIpc) is 3.20. The number of anilines is 2. The lowest BCUT2D eigenvalue weighted by Crippen LogP contribution is -2.32. The number of benzene rings is 2. The molecule has 0 spiro atoms. The second-order valence-electron chi connectivity index (χ2n) is 8.15. The zero-order chi connectivity index (χ0) is 24.2. The van der Waals surface area contributed by atoms with Crippen LogP contribution in [-0.4, -0.2) is 37.5 Å². The molecule has 3 aromatic rings. The number of nitrogens with zero attached hydrogens (tertiary/aromatic N) is 3. The molecule has 1 aromatic heterocycles. The van der Waals surface area contributed by atoms with Gasteiger partial charge < -0.3 is 15.7 Å². The Bertz CT molecular complexity index is 1270. The SMILES string of the molecule is CCCCSc1nc2n(n1)C(c1ccccc1C(=O)O)C(C(=O)Nc1cccc(C)c1)=C(C)N2. The van der Waals surface area contributed by atoms with Gasteiger partial charge in [-0.15, -0.1) is 5.10 Å². The van der Waals surface area contributed by atoms with E-state index in [2.05, 4.69) is 27.6 Å². The number of unbranched alkanes of at least 4 members (excludes halogenated alkanes) is 1. The third-order valence-corrected chi connectivity index (χ3v) is 6.49. The van der Waals surface area contributed by atoms with Crippen molar-refractivity contribution in [1.29, 1.82) is 0 Å². The van der Waals surface area contributed by atoms with Crippen molar-refractivity contribution >= 4 is 35.3 Å². The highest BCUT2D eigenvalue weighted by Gasteiger charge is 2.36. The molecule has 1 aliphatic rings. The Labute approximate surface area is 202 Å². The van der Waals surface area contributed by atoms with Gasteiger partial charge in [0.25, 0.3) is 5.91 Å². The molecular formula is C25H27N5O3S. The second kappa shape index (κ2) is 10.1. The summed E-state index contributed by atoms with van der Waals surface area (Å²) < 4.78 is 1.62. The van der Waals surface area contributed by atoms with Crippen molar-refractivity contribution in [2.45, 2.75) is 44.8 Å². The predicted octanol–water partition coefficient (Wildman–Crippen LogP) is 5.10. The highest BCUT2D eigenvalue weighted by molar-refractivity contribution is 7.99. The number of carbonyl (C=O) groups is 2. The number of hydrogen-bond acceptors (Lipinski definition) is 6. The van der Waals surface area contributed by atoms with Gasteiger partial charge in [0.2, 0.25) is 11.1 Å². The molecule has 8 nitrogen and oxygen atoms in total. The van der Waals surface area contributed by atoms with Gasteiger partial charge >= 0.3 is 5.97 Å². The molecule has 176 valence electrons. The predicted molar refractivity (Wildman–Crippen MR) is 133 cm³/mol. The molecule has 1 atom stereocenters. The first kappa shape index (κ1) is 23.6. The van der Waals surface area contributed by atoms with Crippen molar-refractivity contribution in [3.05, 3.63) is 76.5 Å². The largest absolute Gasteiger partial charge is 0.478 e. The highest BCUT2D eigenvalue weighted by Crippen LogP contribution is 2.38. The number of fused-ring (bicyclic) bond motifs is 1. The minimum Gasteiger partial charge on any atom is -0.478 e. The summed E-state index contributed by atoms with van der Waals surface area (Å²) in [6.07, 6.45) is 2.10. The molecule has 0 saturated heterocycles. The molecule has 2 aromatic carbocycles. The van der Waals surface area contributed by atoms with E-state index in [1.165, 1.54) is 0 Å². The lowest BCUT2D eigenvalue weighted by molar-refractivity contribution is -0.113. The number of aromatic carboxylic acids is 1. The van der Waals surface area contributed by atoms with Crippen molar-refractivity contribution < 1.29 is 14.7 Å². The third kappa shape index (κ3) is 4.84. The monoisotopic (exact) mass is 477 g/mol. The number of thioether (sulfide) groups is 1. The Balaban J connectivity index is 1.80. The number of carboxylic acid groups (broad SMARTS) is 1. The zero-order valence-electron chi connectivity index (χ0n) is 19.3. The number of amides is 1. The van der Waals surface area contributed by atoms with Gasteiger partial charge in [-0.3, -0.25) is 4.79 Å². The summed E-state index contributed by atoms with van der Waals surface area (Å²) in [5.74, 6) is -0.0379. The van der Waals surface area contributed by atoms with Crippen LogP contribution in [0, 0.1) is 6.92 Å². The van der Waals surface area contributed by atoms with Crippen molar-refractivity contribution in [2.24, 2.45) is 0 Å². The van der Waals surface area contributed by atoms with E-state index in [0.29, 0.717) is 33.6 Å². The van der Waals surface area contributed by atoms with Crippen LogP contribution in [0.25, 0.3) is 0 Å². The van der Waals surface area contributed by atoms with E-state index in [9.17, 15) is 14.7 Å². The number of carboxylic acids is 1. The van der Waals surface area contributed by atoms with Crippen LogP contribution in [-0.2, 0) is 4.79 Å². The Kier molecular flexibility index (Phi) is 7.02. The van der Waals surface area contributed by atoms with E-state index >= 15 is 0 Å². The number of rotatable bonds is 8. The Hall–Kier alpha value is -3.59. The number of hydrogen-bond donors (Lipinski definition) is 3. The molecule has 1 unspecified atom stereocenters. The smallest absolute Gasteiger partial charge is 0.336 e. The molecule has 1 amide bonds. The minimum atomic E-state index is -1.07. The molecule has 9 heteroatoms. The minimum absolute atomic E-state index is 0.115. The first-order valence-electron chi connectivity index (χ1n) is 11.2. The van der Waals surface area contributed by atoms with E-state index in [-0.39, 0.29) is 11.5 Å². The number of allylic oxidation sites excluding steroid dienone is 1. The maximum atomic E-state index is 13.6. The third-order valence-electron chi connectivity index (χ3n) is 5.57. The molecular weight excluding hydrogens is 450 g/mol. The standard InChI is InChI=1S/C25H27N5O3S/c1-4-5-13-34-25-28-24-26-16(3)20(22(31)27-17-10-8-9-15(2)14-17)21(30(24)29-25)18-11-6-7-12-19(18)23(32)33/h6-12,14,21H,4-5,13H2,1-3H3,(H,27,31)(H,32,33)(H,26,28,29). The van der Waals surface area contributed by atoms with E-state index in [0.717, 1.165) is 24.2 Å². The zero-order valence-corrected chi connectivity index (χ0v) is 20.1. The summed E-state index contributed by atoms with van der Waals surface area (Å²) in [5, 5.41) is 21.3. The number of aromatic nitrogens is 3. The van der Waals surface area contributed by atoms with E-state index < -0.39 is 12.0 Å². The fourth-order valence-corrected chi connectivity index (χ4v) is 4.85. The first-order valence-corrected chi connectivity index (χ1v) is 12.1. The second-order valence-corrected chi connectivity index (χ2v) is 9.21. The van der Waals surface area contributed by atoms with Gasteiger partial charge in [-0.25, -0.2) is 9.48 Å². The van der Waals surface area contributed by atoms with Crippen LogP contribution in [0.2, 0.25) is 0 Å². The number of carbonyl (C=O) groups excluding carboxylic acids is 1. The van der Waals surface area contributed by atoms with Crippen molar-refractivity contribution in [2.75, 3.05) is 16.4 Å². The van der Waals surface area contributed by atoms with Crippen LogP contribution in [0.5, 0.6) is 0 Å². The fourth-order valence-electron chi connectivity index (χ4n) is 3.93. The topological polar surface area (TPSA) is 109 Å². The van der Waals surface area contributed by atoms with Crippen molar-refractivity contribution in [3.63, 3.8) is 0 Å². The lowest BCUT2D eigenvalue weighted by Gasteiger charge is -2.29. The first-order chi connectivity index (χ1) is 16.4. The molecule has 0 aliphatic carbocycles. The summed E-state index contributed by atoms with van der Waals surface area (Å²) >= 11 is 1.54. The maximum absolute atomic E-state index is 13.6. The van der Waals surface area contributed by atoms with Gasteiger partial charge in [0.1, 0.15) is 6.04 Å². The van der Waals surface area contributed by atoms with Gasteiger partial charge in [0.15, 0.2) is 0 Å². The van der Waals surface area contributed by atoms with Gasteiger partial charge in [-0.2, -0.15) is 4.98 Å². The van der Waals surface area contributed by atoms with Crippen LogP contribution in [0.3, 0.4) is 0 Å². The average molecular weight is 478 g/mol. The van der Waals surface area contributed by atoms with Crippen LogP contribution < -0.4 is 10.6 Å². The van der Waals surface area contributed by atoms with Crippen LogP contribution in [0.1, 0.15) is 54.2 Å². The molecule has 1 aliphatic heterocycles. The van der Waals surface area contributed by atoms with Crippen LogP contribution in [0.15, 0.2) is 65.0 Å². The molecule has 4 rings (SSSR count). The maximum Gasteiger partial charge on any atom is 0.336 e. The van der Waals surface area contributed by atoms with Crippen LogP contribution in [0.4, 0.5) is 11.6 Å². The highest BCUT2D eigenvalue weighted by atomic mass is 32.2. The Morgan fingerprint density at radius 1 is 1.18 bits per heavy atom. The quantitative estimate of drug-likeness (QED) is 0.306. The summed E-state index contributed by atoms with van der Waals surface area (Å²) in [6.45, 7) is 5.87. The Morgan fingerprint density at radius 3 is 2.71 bits per heavy atom. The summed E-state index contributed by atoms with van der Waals surface area (Å²) in [5.41, 5.74) is 3.25.